The molecule has 1 aromatic rings. The molecule has 0 amide bonds. The maximum atomic E-state index is 4.27. The fourth-order valence-corrected chi connectivity index (χ4v) is 2.28. The van der Waals surface area contributed by atoms with Crippen molar-refractivity contribution in [3.8, 4) is 0 Å². The van der Waals surface area contributed by atoms with E-state index in [1.54, 1.807) is 11.3 Å². The van der Waals surface area contributed by atoms with Crippen LogP contribution in [0.15, 0.2) is 5.51 Å². The fourth-order valence-electron chi connectivity index (χ4n) is 1.45. The van der Waals surface area contributed by atoms with E-state index in [0.29, 0.717) is 6.04 Å². The Labute approximate surface area is 96.5 Å². The van der Waals surface area contributed by atoms with E-state index >= 15 is 0 Å². The Kier molecular flexibility index (Phi) is 5.22. The third-order valence-corrected chi connectivity index (χ3v) is 3.77. The summed E-state index contributed by atoms with van der Waals surface area (Å²) in [6.07, 6.45) is 0. The minimum absolute atomic E-state index is 0.419. The Morgan fingerprint density at radius 1 is 1.60 bits per heavy atom. The van der Waals surface area contributed by atoms with Crippen LogP contribution in [0.25, 0.3) is 0 Å². The van der Waals surface area contributed by atoms with Crippen molar-refractivity contribution in [1.82, 2.24) is 15.2 Å². The maximum Gasteiger partial charge on any atom is 0.0798 e. The molecule has 86 valence electrons. The molecule has 0 spiro atoms. The predicted octanol–water partition coefficient (Wildman–Crippen LogP) is 2.05. The number of hydrogen-bond donors (Lipinski definition) is 1. The van der Waals surface area contributed by atoms with E-state index in [0.717, 1.165) is 25.3 Å². The van der Waals surface area contributed by atoms with E-state index in [1.807, 2.05) is 5.51 Å². The summed E-state index contributed by atoms with van der Waals surface area (Å²) in [6, 6.07) is 0.419. The molecule has 1 rings (SSSR count). The molecule has 0 aromatic carbocycles. The van der Waals surface area contributed by atoms with Gasteiger partial charge in [-0.25, -0.2) is 4.98 Å². The van der Waals surface area contributed by atoms with Crippen molar-refractivity contribution in [3.05, 3.63) is 16.1 Å². The van der Waals surface area contributed by atoms with E-state index in [4.69, 9.17) is 0 Å². The molecule has 3 nitrogen and oxygen atoms in total. The summed E-state index contributed by atoms with van der Waals surface area (Å²) in [7, 11) is 2.14. The van der Waals surface area contributed by atoms with E-state index in [1.165, 1.54) is 4.88 Å². The van der Waals surface area contributed by atoms with Gasteiger partial charge in [-0.15, -0.1) is 11.3 Å². The summed E-state index contributed by atoms with van der Waals surface area (Å²) in [5.74, 6) is 0. The quantitative estimate of drug-likeness (QED) is 0.806. The van der Waals surface area contributed by atoms with Crippen molar-refractivity contribution in [3.63, 3.8) is 0 Å². The van der Waals surface area contributed by atoms with Gasteiger partial charge in [-0.3, -0.25) is 0 Å². The zero-order valence-electron chi connectivity index (χ0n) is 10.1. The average molecular weight is 227 g/mol. The Morgan fingerprint density at radius 2 is 2.33 bits per heavy atom. The number of aryl methyl sites for hydroxylation is 1. The molecule has 4 heteroatoms. The monoisotopic (exact) mass is 227 g/mol. The van der Waals surface area contributed by atoms with Crippen LogP contribution >= 0.6 is 11.3 Å². The Hall–Kier alpha value is -0.450. The summed E-state index contributed by atoms with van der Waals surface area (Å²) in [4.78, 5) is 7.93. The van der Waals surface area contributed by atoms with Gasteiger partial charge in [-0.2, -0.15) is 0 Å². The van der Waals surface area contributed by atoms with Crippen LogP contribution in [0.4, 0.5) is 0 Å². The molecule has 0 fully saturated rings. The first-order valence-electron chi connectivity index (χ1n) is 5.47. The molecule has 0 aliphatic rings. The normalized spacial score (nSPS) is 13.4. The molecule has 0 bridgehead atoms. The van der Waals surface area contributed by atoms with E-state index < -0.39 is 0 Å². The largest absolute Gasteiger partial charge is 0.308 e. The van der Waals surface area contributed by atoms with Crippen LogP contribution in [0, 0.1) is 6.92 Å². The van der Waals surface area contributed by atoms with Gasteiger partial charge in [0.25, 0.3) is 0 Å². The molecule has 0 saturated carbocycles. The Bertz CT molecular complexity index is 285. The molecule has 0 aliphatic heterocycles. The first kappa shape index (κ1) is 12.6. The summed E-state index contributed by atoms with van der Waals surface area (Å²) >= 11 is 1.74. The maximum absolute atomic E-state index is 4.27. The number of thiazole rings is 1. The molecule has 0 radical (unpaired) electrons. The van der Waals surface area contributed by atoms with Crippen molar-refractivity contribution in [2.24, 2.45) is 0 Å². The molecular formula is C11H21N3S. The van der Waals surface area contributed by atoms with Gasteiger partial charge in [0.2, 0.25) is 0 Å². The zero-order valence-corrected chi connectivity index (χ0v) is 10.9. The van der Waals surface area contributed by atoms with Gasteiger partial charge in [0.1, 0.15) is 0 Å². The molecule has 1 unspecified atom stereocenters. The number of likely N-dealkylation sites (N-methyl/N-ethyl adjacent to an activating group) is 1. The van der Waals surface area contributed by atoms with Gasteiger partial charge < -0.3 is 10.2 Å². The van der Waals surface area contributed by atoms with Crippen LogP contribution in [-0.4, -0.2) is 36.6 Å². The third kappa shape index (κ3) is 3.89. The van der Waals surface area contributed by atoms with E-state index in [9.17, 15) is 0 Å². The Morgan fingerprint density at radius 3 is 2.87 bits per heavy atom. The predicted molar refractivity (Wildman–Crippen MR) is 66.4 cm³/mol. The van der Waals surface area contributed by atoms with Crippen LogP contribution in [0.5, 0.6) is 0 Å². The van der Waals surface area contributed by atoms with Crippen molar-refractivity contribution in [2.45, 2.75) is 26.8 Å². The molecule has 1 heterocycles. The second-order valence-corrected chi connectivity index (χ2v) is 4.76. The molecule has 1 aromatic heterocycles. The van der Waals surface area contributed by atoms with Gasteiger partial charge >= 0.3 is 0 Å². The zero-order chi connectivity index (χ0) is 11.3. The van der Waals surface area contributed by atoms with Gasteiger partial charge in [-0.1, -0.05) is 6.92 Å². The smallest absolute Gasteiger partial charge is 0.0798 e. The minimum atomic E-state index is 0.419. The standard InChI is InChI=1S/C11H21N3S/c1-5-14(4)7-6-12-9(2)11-10(3)13-8-15-11/h8-9,12H,5-7H2,1-4H3. The lowest BCUT2D eigenvalue weighted by Crippen LogP contribution is -2.30. The first-order valence-corrected chi connectivity index (χ1v) is 6.35. The lowest BCUT2D eigenvalue weighted by Gasteiger charge is -2.17. The molecule has 15 heavy (non-hydrogen) atoms. The lowest BCUT2D eigenvalue weighted by molar-refractivity contribution is 0.342. The van der Waals surface area contributed by atoms with Crippen LogP contribution in [0.1, 0.15) is 30.5 Å². The number of rotatable bonds is 6. The molecule has 0 aliphatic carbocycles. The van der Waals surface area contributed by atoms with Crippen molar-refractivity contribution in [2.75, 3.05) is 26.7 Å². The van der Waals surface area contributed by atoms with Crippen molar-refractivity contribution in [1.29, 1.82) is 0 Å². The molecule has 0 saturated heterocycles. The summed E-state index contributed by atoms with van der Waals surface area (Å²) < 4.78 is 0. The number of hydrogen-bond acceptors (Lipinski definition) is 4. The third-order valence-electron chi connectivity index (χ3n) is 2.66. The SMILES string of the molecule is CCN(C)CCNC(C)c1scnc1C. The second-order valence-electron chi connectivity index (χ2n) is 3.87. The van der Waals surface area contributed by atoms with E-state index in [2.05, 4.69) is 43.0 Å². The van der Waals surface area contributed by atoms with Crippen LogP contribution < -0.4 is 5.32 Å². The van der Waals surface area contributed by atoms with E-state index in [-0.39, 0.29) is 0 Å². The van der Waals surface area contributed by atoms with Crippen LogP contribution in [0.2, 0.25) is 0 Å². The topological polar surface area (TPSA) is 28.2 Å². The minimum Gasteiger partial charge on any atom is -0.308 e. The van der Waals surface area contributed by atoms with Gasteiger partial charge in [0.15, 0.2) is 0 Å². The summed E-state index contributed by atoms with van der Waals surface area (Å²) in [5, 5.41) is 3.52. The van der Waals surface area contributed by atoms with Crippen molar-refractivity contribution < 1.29 is 0 Å². The van der Waals surface area contributed by atoms with Gasteiger partial charge in [-0.05, 0) is 27.4 Å². The van der Waals surface area contributed by atoms with Crippen LogP contribution in [0.3, 0.4) is 0 Å². The number of nitrogens with zero attached hydrogens (tertiary/aromatic N) is 2. The second kappa shape index (κ2) is 6.20. The lowest BCUT2D eigenvalue weighted by atomic mass is 10.2. The molecule has 1 atom stereocenters. The summed E-state index contributed by atoms with van der Waals surface area (Å²) in [5.41, 5.74) is 3.07. The fraction of sp³-hybridized carbons (Fsp3) is 0.727. The van der Waals surface area contributed by atoms with Crippen LogP contribution in [-0.2, 0) is 0 Å². The number of aromatic nitrogens is 1. The highest BCUT2D eigenvalue weighted by Crippen LogP contribution is 2.20. The average Bonchev–Trinajstić information content (AvgIpc) is 2.64. The van der Waals surface area contributed by atoms with Gasteiger partial charge in [0.05, 0.1) is 11.2 Å². The molecular weight excluding hydrogens is 206 g/mol. The highest BCUT2D eigenvalue weighted by Gasteiger charge is 2.09. The van der Waals surface area contributed by atoms with Crippen molar-refractivity contribution >= 4 is 11.3 Å². The Balaban J connectivity index is 2.31. The highest BCUT2D eigenvalue weighted by molar-refractivity contribution is 7.09. The molecule has 1 N–H and O–H groups in total. The highest BCUT2D eigenvalue weighted by atomic mass is 32.1. The summed E-state index contributed by atoms with van der Waals surface area (Å²) in [6.45, 7) is 9.68. The first-order chi connectivity index (χ1) is 7.15. The number of nitrogens with one attached hydrogen (secondary N) is 1. The van der Waals surface area contributed by atoms with Gasteiger partial charge in [0, 0.05) is 24.0 Å².